The number of aromatic nitrogens is 3. The molecule has 6 nitrogen and oxygen atoms in total. The molecule has 2 aromatic rings. The van der Waals surface area contributed by atoms with Crippen LogP contribution < -0.4 is 10.6 Å². The van der Waals surface area contributed by atoms with Crippen LogP contribution in [-0.2, 0) is 5.75 Å². The molecule has 2 unspecified atom stereocenters. The van der Waals surface area contributed by atoms with E-state index >= 15 is 0 Å². The highest BCUT2D eigenvalue weighted by Crippen LogP contribution is 2.18. The molecule has 2 atom stereocenters. The Hall–Kier alpha value is -1.28. The minimum atomic E-state index is 0. The lowest BCUT2D eigenvalue weighted by molar-refractivity contribution is 0.0925. The van der Waals surface area contributed by atoms with Crippen LogP contribution in [0, 0.1) is 0 Å². The summed E-state index contributed by atoms with van der Waals surface area (Å²) in [6, 6.07) is 8.48. The number of aromatic amines is 1. The monoisotopic (exact) mass is 403 g/mol. The van der Waals surface area contributed by atoms with Gasteiger partial charge in [0.25, 0.3) is 5.91 Å². The van der Waals surface area contributed by atoms with Crippen molar-refractivity contribution in [3.63, 3.8) is 0 Å². The smallest absolute Gasteiger partial charge is 0.251 e. The summed E-state index contributed by atoms with van der Waals surface area (Å²) in [5, 5.41) is 14.0. The van der Waals surface area contributed by atoms with Crippen LogP contribution in [0.2, 0.25) is 0 Å². The number of benzene rings is 1. The average molecular weight is 404 g/mol. The molecule has 1 amide bonds. The number of nitrogens with zero attached hydrogens (tertiary/aromatic N) is 2. The number of carbonyl (C=O) groups is 1. The van der Waals surface area contributed by atoms with Crippen molar-refractivity contribution in [3.05, 3.63) is 41.7 Å². The molecule has 0 saturated carbocycles. The van der Waals surface area contributed by atoms with Crippen LogP contribution in [0.25, 0.3) is 0 Å². The number of hydrogen-bond acceptors (Lipinski definition) is 5. The van der Waals surface area contributed by atoms with Crippen molar-refractivity contribution in [2.75, 3.05) is 6.54 Å². The van der Waals surface area contributed by atoms with Crippen LogP contribution in [0.1, 0.15) is 35.7 Å². The highest BCUT2D eigenvalue weighted by Gasteiger charge is 2.20. The predicted octanol–water partition coefficient (Wildman–Crippen LogP) is 2.81. The van der Waals surface area contributed by atoms with Gasteiger partial charge in [-0.2, -0.15) is 5.10 Å². The third-order valence-corrected chi connectivity index (χ3v) is 4.89. The topological polar surface area (TPSA) is 82.7 Å². The fourth-order valence-electron chi connectivity index (χ4n) is 2.70. The number of hydrogen-bond donors (Lipinski definition) is 3. The van der Waals surface area contributed by atoms with Gasteiger partial charge >= 0.3 is 0 Å². The lowest BCUT2D eigenvalue weighted by atomic mass is 10.00. The average Bonchev–Trinajstić information content (AvgIpc) is 3.07. The minimum absolute atomic E-state index is 0. The summed E-state index contributed by atoms with van der Waals surface area (Å²) in [5.74, 6) is 0.807. The number of halogens is 2. The largest absolute Gasteiger partial charge is 0.349 e. The molecule has 1 aliphatic heterocycles. The van der Waals surface area contributed by atoms with Gasteiger partial charge in [0.2, 0.25) is 0 Å². The zero-order valence-corrected chi connectivity index (χ0v) is 16.3. The Morgan fingerprint density at radius 2 is 2.08 bits per heavy atom. The van der Waals surface area contributed by atoms with Crippen LogP contribution in [0.3, 0.4) is 0 Å². The van der Waals surface area contributed by atoms with E-state index in [0.29, 0.717) is 11.6 Å². The van der Waals surface area contributed by atoms with E-state index in [2.05, 4.69) is 32.7 Å². The van der Waals surface area contributed by atoms with E-state index in [4.69, 9.17) is 0 Å². The Balaban J connectivity index is 0.00000156. The molecule has 1 fully saturated rings. The fraction of sp³-hybridized carbons (Fsp3) is 0.438. The van der Waals surface area contributed by atoms with Crippen molar-refractivity contribution in [2.24, 2.45) is 0 Å². The first-order valence-corrected chi connectivity index (χ1v) is 8.80. The van der Waals surface area contributed by atoms with E-state index < -0.39 is 0 Å². The maximum atomic E-state index is 12.3. The number of nitrogens with one attached hydrogen (secondary N) is 3. The number of H-pyrrole nitrogens is 1. The van der Waals surface area contributed by atoms with Crippen LogP contribution in [-0.4, -0.2) is 39.7 Å². The van der Waals surface area contributed by atoms with Crippen LogP contribution in [0.4, 0.5) is 0 Å². The van der Waals surface area contributed by atoms with E-state index in [0.717, 1.165) is 35.9 Å². The first-order chi connectivity index (χ1) is 11.2. The van der Waals surface area contributed by atoms with Crippen LogP contribution >= 0.6 is 36.6 Å². The van der Waals surface area contributed by atoms with Gasteiger partial charge in [0.05, 0.1) is 0 Å². The Morgan fingerprint density at radius 1 is 1.32 bits per heavy atom. The number of carbonyl (C=O) groups excluding carboxylic acids is 1. The molecule has 2 heterocycles. The van der Waals surface area contributed by atoms with Gasteiger partial charge in [0.1, 0.15) is 6.33 Å². The van der Waals surface area contributed by atoms with Gasteiger partial charge in [-0.25, -0.2) is 4.98 Å². The number of rotatable bonds is 5. The van der Waals surface area contributed by atoms with Gasteiger partial charge in [0.15, 0.2) is 5.16 Å². The molecule has 1 aromatic heterocycles. The van der Waals surface area contributed by atoms with Crippen molar-refractivity contribution < 1.29 is 4.79 Å². The van der Waals surface area contributed by atoms with E-state index in [9.17, 15) is 4.79 Å². The molecule has 1 saturated heterocycles. The maximum absolute atomic E-state index is 12.3. The molecule has 0 bridgehead atoms. The number of amides is 1. The Labute approximate surface area is 164 Å². The van der Waals surface area contributed by atoms with Gasteiger partial charge in [-0.1, -0.05) is 23.9 Å². The summed E-state index contributed by atoms with van der Waals surface area (Å²) in [4.78, 5) is 16.4. The SMILES string of the molecule is CC1CC(NC(=O)c2ccc(CSc3ncn[nH]3)cc2)CCN1.Cl.Cl. The Bertz CT molecular complexity index is 638. The second-order valence-electron chi connectivity index (χ2n) is 5.83. The van der Waals surface area contributed by atoms with Crippen molar-refractivity contribution in [3.8, 4) is 0 Å². The molecule has 0 spiro atoms. The van der Waals surface area contributed by atoms with Gasteiger partial charge in [-0.15, -0.1) is 24.8 Å². The van der Waals surface area contributed by atoms with Crippen LogP contribution in [0.5, 0.6) is 0 Å². The molecule has 25 heavy (non-hydrogen) atoms. The molecule has 1 aromatic carbocycles. The Kier molecular flexibility index (Phi) is 9.27. The molecule has 3 rings (SSSR count). The molecule has 9 heteroatoms. The predicted molar refractivity (Wildman–Crippen MR) is 105 cm³/mol. The maximum Gasteiger partial charge on any atom is 0.251 e. The van der Waals surface area contributed by atoms with E-state index in [1.165, 1.54) is 6.33 Å². The summed E-state index contributed by atoms with van der Waals surface area (Å²) in [7, 11) is 0. The quantitative estimate of drug-likeness (QED) is 0.668. The zero-order chi connectivity index (χ0) is 16.1. The van der Waals surface area contributed by atoms with Crippen molar-refractivity contribution in [2.45, 2.75) is 42.8 Å². The van der Waals surface area contributed by atoms with Gasteiger partial charge in [-0.05, 0) is 44.0 Å². The number of thioether (sulfide) groups is 1. The van der Waals surface area contributed by atoms with Gasteiger partial charge < -0.3 is 10.6 Å². The van der Waals surface area contributed by atoms with E-state index in [1.54, 1.807) is 11.8 Å². The summed E-state index contributed by atoms with van der Waals surface area (Å²) >= 11 is 1.59. The molecule has 3 N–H and O–H groups in total. The fourth-order valence-corrected chi connectivity index (χ4v) is 3.43. The first kappa shape index (κ1) is 21.8. The summed E-state index contributed by atoms with van der Waals surface area (Å²) in [6.45, 7) is 3.11. The molecular formula is C16H23Cl2N5OS. The summed E-state index contributed by atoms with van der Waals surface area (Å²) in [6.07, 6.45) is 3.47. The summed E-state index contributed by atoms with van der Waals surface area (Å²) < 4.78 is 0. The van der Waals surface area contributed by atoms with Crippen molar-refractivity contribution in [1.29, 1.82) is 0 Å². The molecular weight excluding hydrogens is 381 g/mol. The molecule has 0 radical (unpaired) electrons. The second-order valence-corrected chi connectivity index (χ2v) is 6.79. The third-order valence-electron chi connectivity index (χ3n) is 3.94. The zero-order valence-electron chi connectivity index (χ0n) is 13.9. The lowest BCUT2D eigenvalue weighted by Crippen LogP contribution is -2.46. The van der Waals surface area contributed by atoms with Crippen LogP contribution in [0.15, 0.2) is 35.7 Å². The molecule has 138 valence electrons. The van der Waals surface area contributed by atoms with E-state index in [-0.39, 0.29) is 36.8 Å². The van der Waals surface area contributed by atoms with Gasteiger partial charge in [-0.3, -0.25) is 9.89 Å². The lowest BCUT2D eigenvalue weighted by Gasteiger charge is -2.28. The molecule has 1 aliphatic rings. The highest BCUT2D eigenvalue weighted by molar-refractivity contribution is 7.98. The van der Waals surface area contributed by atoms with Gasteiger partial charge in [0, 0.05) is 23.4 Å². The van der Waals surface area contributed by atoms with E-state index in [1.807, 2.05) is 24.3 Å². The Morgan fingerprint density at radius 3 is 2.72 bits per heavy atom. The second kappa shape index (κ2) is 10.7. The minimum Gasteiger partial charge on any atom is -0.349 e. The standard InChI is InChI=1S/C16H21N5OS.2ClH/c1-11-8-14(6-7-17-11)20-15(22)13-4-2-12(3-5-13)9-23-16-18-10-19-21-16;;/h2-5,10-11,14,17H,6-9H2,1H3,(H,20,22)(H,18,19,21);2*1H. The third kappa shape index (κ3) is 6.51. The van der Waals surface area contributed by atoms with Crippen molar-refractivity contribution >= 4 is 42.5 Å². The molecule has 0 aliphatic carbocycles. The van der Waals surface area contributed by atoms with Crippen molar-refractivity contribution in [1.82, 2.24) is 25.8 Å². The first-order valence-electron chi connectivity index (χ1n) is 7.82. The number of piperidine rings is 1. The summed E-state index contributed by atoms with van der Waals surface area (Å²) in [5.41, 5.74) is 1.86. The normalized spacial score (nSPS) is 19.4. The highest BCUT2D eigenvalue weighted by atomic mass is 35.5.